The van der Waals surface area contributed by atoms with E-state index in [0.29, 0.717) is 22.9 Å². The molecule has 1 aliphatic rings. The summed E-state index contributed by atoms with van der Waals surface area (Å²) in [5.74, 6) is 0.500. The molecule has 0 bridgehead atoms. The number of hydrogen-bond donors (Lipinski definition) is 2. The average Bonchev–Trinajstić information content (AvgIpc) is 2.73. The van der Waals surface area contributed by atoms with Gasteiger partial charge in [0.05, 0.1) is 35.7 Å². The van der Waals surface area contributed by atoms with Crippen LogP contribution < -0.4 is 24.8 Å². The maximum atomic E-state index is 12.9. The molecule has 2 N–H and O–H groups in total. The molecule has 3 rings (SSSR count). The zero-order valence-electron chi connectivity index (χ0n) is 16.7. The van der Waals surface area contributed by atoms with Crippen LogP contribution in [0.3, 0.4) is 0 Å². The summed E-state index contributed by atoms with van der Waals surface area (Å²) in [6, 6.07) is 9.09. The highest BCUT2D eigenvalue weighted by Crippen LogP contribution is 2.32. The topological polar surface area (TPSA) is 120 Å². The Kier molecular flexibility index (Phi) is 6.16. The fraction of sp³-hybridized carbons (Fsp3) is 0.300. The molecule has 9 nitrogen and oxygen atoms in total. The van der Waals surface area contributed by atoms with Crippen molar-refractivity contribution in [3.8, 4) is 17.2 Å². The molecule has 30 heavy (non-hydrogen) atoms. The number of anilines is 2. The molecule has 0 saturated carbocycles. The first-order valence-electron chi connectivity index (χ1n) is 9.07. The molecule has 0 aromatic heterocycles. The number of carbonyl (C=O) groups is 2. The van der Waals surface area contributed by atoms with Crippen LogP contribution in [0.4, 0.5) is 11.4 Å². The number of nitrogens with one attached hydrogen (secondary N) is 2. The van der Waals surface area contributed by atoms with Crippen molar-refractivity contribution in [3.63, 3.8) is 0 Å². The molecular weight excluding hydrogens is 412 g/mol. The van der Waals surface area contributed by atoms with E-state index < -0.39 is 21.0 Å². The standard InChI is InChI=1S/C20H22N2O7S/c1-12(8-19(23)21-15-6-4-13(27-2)9-18(15)28-3)30(25,26)14-5-7-17-16(10-14)22-20(24)11-29-17/h4-7,9-10,12H,8,11H2,1-3H3,(H,21,23)(H,22,24). The van der Waals surface area contributed by atoms with Gasteiger partial charge in [0.15, 0.2) is 16.4 Å². The molecule has 0 fully saturated rings. The van der Waals surface area contributed by atoms with Crippen LogP contribution in [-0.2, 0) is 19.4 Å². The summed E-state index contributed by atoms with van der Waals surface area (Å²) in [7, 11) is -0.856. The second-order valence-electron chi connectivity index (χ2n) is 6.67. The third kappa shape index (κ3) is 4.48. The monoisotopic (exact) mass is 434 g/mol. The molecule has 2 aromatic carbocycles. The van der Waals surface area contributed by atoms with Crippen molar-refractivity contribution in [1.29, 1.82) is 0 Å². The highest BCUT2D eigenvalue weighted by atomic mass is 32.2. The molecule has 10 heteroatoms. The Balaban J connectivity index is 1.73. The van der Waals surface area contributed by atoms with E-state index in [2.05, 4.69) is 10.6 Å². The van der Waals surface area contributed by atoms with Crippen LogP contribution in [0.1, 0.15) is 13.3 Å². The van der Waals surface area contributed by atoms with E-state index in [4.69, 9.17) is 14.2 Å². The lowest BCUT2D eigenvalue weighted by Gasteiger charge is -2.19. The van der Waals surface area contributed by atoms with Crippen molar-refractivity contribution < 1.29 is 32.2 Å². The summed E-state index contributed by atoms with van der Waals surface area (Å²) >= 11 is 0. The lowest BCUT2D eigenvalue weighted by atomic mass is 10.2. The van der Waals surface area contributed by atoms with Crippen molar-refractivity contribution in [2.75, 3.05) is 31.5 Å². The van der Waals surface area contributed by atoms with Crippen LogP contribution >= 0.6 is 0 Å². The second kappa shape index (κ2) is 8.62. The Morgan fingerprint density at radius 3 is 2.67 bits per heavy atom. The van der Waals surface area contributed by atoms with Crippen molar-refractivity contribution in [2.45, 2.75) is 23.5 Å². The molecule has 0 radical (unpaired) electrons. The summed E-state index contributed by atoms with van der Waals surface area (Å²) in [5.41, 5.74) is 0.688. The van der Waals surface area contributed by atoms with Crippen molar-refractivity contribution >= 4 is 33.0 Å². The zero-order valence-corrected chi connectivity index (χ0v) is 17.5. The van der Waals surface area contributed by atoms with Crippen LogP contribution in [-0.4, -0.2) is 46.3 Å². The minimum Gasteiger partial charge on any atom is -0.497 e. The fourth-order valence-electron chi connectivity index (χ4n) is 2.95. The Morgan fingerprint density at radius 2 is 1.97 bits per heavy atom. The molecule has 0 aliphatic carbocycles. The van der Waals surface area contributed by atoms with Gasteiger partial charge < -0.3 is 24.8 Å². The Hall–Kier alpha value is -3.27. The Labute approximate surface area is 174 Å². The lowest BCUT2D eigenvalue weighted by molar-refractivity contribution is -0.118. The molecule has 160 valence electrons. The molecule has 1 unspecified atom stereocenters. The maximum Gasteiger partial charge on any atom is 0.262 e. The zero-order chi connectivity index (χ0) is 21.9. The van der Waals surface area contributed by atoms with Gasteiger partial charge in [-0.2, -0.15) is 0 Å². The molecule has 2 aromatic rings. The molecule has 0 saturated heterocycles. The number of hydrogen-bond acceptors (Lipinski definition) is 7. The van der Waals surface area contributed by atoms with Gasteiger partial charge in [0, 0.05) is 12.5 Å². The van der Waals surface area contributed by atoms with Crippen LogP contribution in [0.15, 0.2) is 41.3 Å². The number of methoxy groups -OCH3 is 2. The Morgan fingerprint density at radius 1 is 1.20 bits per heavy atom. The number of rotatable bonds is 7. The molecule has 2 amide bonds. The van der Waals surface area contributed by atoms with Gasteiger partial charge in [-0.1, -0.05) is 0 Å². The van der Waals surface area contributed by atoms with Gasteiger partial charge in [0.25, 0.3) is 5.91 Å². The first-order chi connectivity index (χ1) is 14.2. The van der Waals surface area contributed by atoms with E-state index in [9.17, 15) is 18.0 Å². The number of amides is 2. The molecule has 0 spiro atoms. The summed E-state index contributed by atoms with van der Waals surface area (Å²) in [4.78, 5) is 23.9. The number of carbonyl (C=O) groups excluding carboxylic acids is 2. The largest absolute Gasteiger partial charge is 0.497 e. The SMILES string of the molecule is COc1ccc(NC(=O)CC(C)S(=O)(=O)c2ccc3c(c2)NC(=O)CO3)c(OC)c1. The van der Waals surface area contributed by atoms with Crippen molar-refractivity contribution in [2.24, 2.45) is 0 Å². The number of ether oxygens (including phenoxy) is 3. The van der Waals surface area contributed by atoms with Crippen LogP contribution in [0.5, 0.6) is 17.2 Å². The van der Waals surface area contributed by atoms with Gasteiger partial charge in [0.2, 0.25) is 5.91 Å². The van der Waals surface area contributed by atoms with Gasteiger partial charge in [-0.15, -0.1) is 0 Å². The van der Waals surface area contributed by atoms with E-state index in [1.54, 1.807) is 18.2 Å². The smallest absolute Gasteiger partial charge is 0.262 e. The summed E-state index contributed by atoms with van der Waals surface area (Å²) < 4.78 is 41.4. The quantitative estimate of drug-likeness (QED) is 0.686. The second-order valence-corrected chi connectivity index (χ2v) is 9.04. The van der Waals surface area contributed by atoms with Crippen LogP contribution in [0, 0.1) is 0 Å². The normalized spacial score (nSPS) is 14.0. The predicted molar refractivity (Wildman–Crippen MR) is 110 cm³/mol. The predicted octanol–water partition coefficient (Wildman–Crippen LogP) is 2.23. The number of benzene rings is 2. The highest BCUT2D eigenvalue weighted by molar-refractivity contribution is 7.92. The van der Waals surface area contributed by atoms with E-state index in [1.807, 2.05) is 0 Å². The molecule has 1 aliphatic heterocycles. The van der Waals surface area contributed by atoms with Crippen LogP contribution in [0.25, 0.3) is 0 Å². The van der Waals surface area contributed by atoms with Gasteiger partial charge in [-0.05, 0) is 37.3 Å². The van der Waals surface area contributed by atoms with E-state index >= 15 is 0 Å². The number of fused-ring (bicyclic) bond motifs is 1. The van der Waals surface area contributed by atoms with E-state index in [1.165, 1.54) is 39.3 Å². The van der Waals surface area contributed by atoms with Crippen molar-refractivity contribution in [3.05, 3.63) is 36.4 Å². The summed E-state index contributed by atoms with van der Waals surface area (Å²) in [6.45, 7) is 1.33. The first-order valence-corrected chi connectivity index (χ1v) is 10.6. The maximum absolute atomic E-state index is 12.9. The van der Waals surface area contributed by atoms with Gasteiger partial charge >= 0.3 is 0 Å². The lowest BCUT2D eigenvalue weighted by Crippen LogP contribution is -2.27. The van der Waals surface area contributed by atoms with E-state index in [-0.39, 0.29) is 29.5 Å². The third-order valence-corrected chi connectivity index (χ3v) is 6.73. The average molecular weight is 434 g/mol. The van der Waals surface area contributed by atoms with Gasteiger partial charge in [-0.25, -0.2) is 8.42 Å². The van der Waals surface area contributed by atoms with Gasteiger partial charge in [0.1, 0.15) is 17.2 Å². The molecular formula is C20H22N2O7S. The summed E-state index contributed by atoms with van der Waals surface area (Å²) in [5, 5.41) is 4.24. The van der Waals surface area contributed by atoms with E-state index in [0.717, 1.165) is 0 Å². The molecule has 1 atom stereocenters. The Bertz CT molecular complexity index is 1080. The van der Waals surface area contributed by atoms with Gasteiger partial charge in [-0.3, -0.25) is 9.59 Å². The minimum absolute atomic E-state index is 0.00521. The first kappa shape index (κ1) is 21.4. The summed E-state index contributed by atoms with van der Waals surface area (Å²) in [6.07, 6.45) is -0.266. The third-order valence-electron chi connectivity index (χ3n) is 4.60. The van der Waals surface area contributed by atoms with Crippen molar-refractivity contribution in [1.82, 2.24) is 0 Å². The minimum atomic E-state index is -3.82. The highest BCUT2D eigenvalue weighted by Gasteiger charge is 2.28. The number of sulfone groups is 1. The fourth-order valence-corrected chi connectivity index (χ4v) is 4.32. The van der Waals surface area contributed by atoms with Crippen LogP contribution in [0.2, 0.25) is 0 Å². The molecule has 1 heterocycles.